The van der Waals surface area contributed by atoms with Gasteiger partial charge >= 0.3 is 11.9 Å². The summed E-state index contributed by atoms with van der Waals surface area (Å²) in [4.78, 5) is 24.9. The summed E-state index contributed by atoms with van der Waals surface area (Å²) >= 11 is 0. The minimum absolute atomic E-state index is 0.127. The van der Waals surface area contributed by atoms with E-state index < -0.39 is 11.9 Å². The normalized spacial score (nSPS) is 10.4. The standard InChI is InChI=1S/C34H42O10/c1-27-9-11-31(33(35)43-23-21-41-19-17-39-15-13-37-3)25-29(27)7-5-6-8-30-26-32(12-10-28(30)2)34(36)44-24-22-42-20-18-40-16-14-38-4/h9-12,25-26H,13-24H2,1-4H3. The van der Waals surface area contributed by atoms with Crippen LogP contribution in [0, 0.1) is 37.5 Å². The highest BCUT2D eigenvalue weighted by Gasteiger charge is 2.10. The summed E-state index contributed by atoms with van der Waals surface area (Å²) in [7, 11) is 3.22. The molecule has 2 aromatic carbocycles. The minimum atomic E-state index is -0.461. The molecule has 0 fully saturated rings. The third kappa shape index (κ3) is 15.1. The monoisotopic (exact) mass is 610 g/mol. The first-order valence-corrected chi connectivity index (χ1v) is 14.3. The second-order valence-electron chi connectivity index (χ2n) is 9.27. The highest BCUT2D eigenvalue weighted by molar-refractivity contribution is 5.90. The molecule has 0 bridgehead atoms. The van der Waals surface area contributed by atoms with Gasteiger partial charge in [0.1, 0.15) is 13.2 Å². The second kappa shape index (κ2) is 22.8. The molecule has 238 valence electrons. The fourth-order valence-corrected chi connectivity index (χ4v) is 3.45. The Balaban J connectivity index is 1.84. The maximum atomic E-state index is 12.5. The summed E-state index contributed by atoms with van der Waals surface area (Å²) in [5.41, 5.74) is 3.90. The average Bonchev–Trinajstić information content (AvgIpc) is 3.02. The number of methoxy groups -OCH3 is 2. The van der Waals surface area contributed by atoms with Crippen molar-refractivity contribution in [3.8, 4) is 23.7 Å². The molecule has 0 aliphatic rings. The highest BCUT2D eigenvalue weighted by atomic mass is 16.6. The van der Waals surface area contributed by atoms with Crippen molar-refractivity contribution in [2.75, 3.05) is 93.5 Å². The summed E-state index contributed by atoms with van der Waals surface area (Å²) < 4.78 is 41.8. The lowest BCUT2D eigenvalue weighted by Crippen LogP contribution is -2.14. The lowest BCUT2D eigenvalue weighted by atomic mass is 10.0. The zero-order chi connectivity index (χ0) is 31.8. The van der Waals surface area contributed by atoms with Gasteiger partial charge in [-0.2, -0.15) is 0 Å². The smallest absolute Gasteiger partial charge is 0.338 e. The molecule has 0 saturated carbocycles. The van der Waals surface area contributed by atoms with E-state index in [9.17, 15) is 9.59 Å². The van der Waals surface area contributed by atoms with Gasteiger partial charge in [-0.15, -0.1) is 0 Å². The third-order valence-electron chi connectivity index (χ3n) is 5.93. The van der Waals surface area contributed by atoms with Gasteiger partial charge in [0.15, 0.2) is 0 Å². The lowest BCUT2D eigenvalue weighted by molar-refractivity contribution is 0.00552. The molecule has 0 N–H and O–H groups in total. The summed E-state index contributed by atoms with van der Waals surface area (Å²) in [5, 5.41) is 0. The third-order valence-corrected chi connectivity index (χ3v) is 5.93. The number of carbonyl (C=O) groups excluding carboxylic acids is 2. The van der Waals surface area contributed by atoms with E-state index >= 15 is 0 Å². The van der Waals surface area contributed by atoms with Crippen LogP contribution in [0.3, 0.4) is 0 Å². The Bertz CT molecular complexity index is 1180. The van der Waals surface area contributed by atoms with Crippen molar-refractivity contribution >= 4 is 11.9 Å². The van der Waals surface area contributed by atoms with E-state index in [0.717, 1.165) is 11.1 Å². The molecule has 0 aliphatic carbocycles. The molecule has 0 aliphatic heterocycles. The van der Waals surface area contributed by atoms with E-state index in [1.165, 1.54) is 0 Å². The molecule has 0 saturated heterocycles. The fraction of sp³-hybridized carbons (Fsp3) is 0.471. The number of esters is 2. The zero-order valence-corrected chi connectivity index (χ0v) is 26.0. The van der Waals surface area contributed by atoms with Gasteiger partial charge in [0.05, 0.1) is 77.2 Å². The van der Waals surface area contributed by atoms with Crippen LogP contribution in [0.1, 0.15) is 43.0 Å². The quantitative estimate of drug-likeness (QED) is 0.126. The first-order valence-electron chi connectivity index (χ1n) is 14.3. The number of aryl methyl sites for hydroxylation is 2. The van der Waals surface area contributed by atoms with Crippen LogP contribution in [0.4, 0.5) is 0 Å². The Morgan fingerprint density at radius 3 is 1.23 bits per heavy atom. The zero-order valence-electron chi connectivity index (χ0n) is 26.0. The molecule has 0 amide bonds. The number of rotatable bonds is 20. The van der Waals surface area contributed by atoms with E-state index in [2.05, 4.69) is 23.7 Å². The topological polar surface area (TPSA) is 108 Å². The molecule has 0 radical (unpaired) electrons. The maximum absolute atomic E-state index is 12.5. The SMILES string of the molecule is COCCOCCOCCOC(=O)c1ccc(C)c(C#CC#Cc2cc(C(=O)OCCOCCOCCOC)ccc2C)c1. The van der Waals surface area contributed by atoms with Gasteiger partial charge < -0.3 is 37.9 Å². The number of ether oxygens (including phenoxy) is 8. The number of carbonyl (C=O) groups is 2. The first kappa shape index (κ1) is 36.5. The fourth-order valence-electron chi connectivity index (χ4n) is 3.45. The Kier molecular flexibility index (Phi) is 18.8. The van der Waals surface area contributed by atoms with Crippen LogP contribution in [-0.2, 0) is 37.9 Å². The molecule has 0 spiro atoms. The van der Waals surface area contributed by atoms with E-state index in [-0.39, 0.29) is 26.4 Å². The van der Waals surface area contributed by atoms with Crippen LogP contribution in [0.5, 0.6) is 0 Å². The molecule has 0 atom stereocenters. The molecule has 0 heterocycles. The van der Waals surface area contributed by atoms with Crippen LogP contribution < -0.4 is 0 Å². The van der Waals surface area contributed by atoms with E-state index in [0.29, 0.717) is 75.1 Å². The molecule has 10 nitrogen and oxygen atoms in total. The van der Waals surface area contributed by atoms with Gasteiger partial charge in [-0.3, -0.25) is 0 Å². The van der Waals surface area contributed by atoms with Crippen molar-refractivity contribution in [1.29, 1.82) is 0 Å². The van der Waals surface area contributed by atoms with Crippen molar-refractivity contribution in [3.63, 3.8) is 0 Å². The molecular weight excluding hydrogens is 568 g/mol. The lowest BCUT2D eigenvalue weighted by Gasteiger charge is -2.08. The minimum Gasteiger partial charge on any atom is -0.460 e. The summed E-state index contributed by atoms with van der Waals surface area (Å²) in [6.45, 7) is 8.37. The summed E-state index contributed by atoms with van der Waals surface area (Å²) in [6, 6.07) is 10.4. The van der Waals surface area contributed by atoms with Crippen LogP contribution in [0.25, 0.3) is 0 Å². The van der Waals surface area contributed by atoms with Crippen molar-refractivity contribution in [1.82, 2.24) is 0 Å². The van der Waals surface area contributed by atoms with Crippen molar-refractivity contribution < 1.29 is 47.5 Å². The van der Waals surface area contributed by atoms with E-state index in [4.69, 9.17) is 37.9 Å². The van der Waals surface area contributed by atoms with E-state index in [1.807, 2.05) is 26.0 Å². The predicted molar refractivity (Wildman–Crippen MR) is 164 cm³/mol. The Labute approximate surface area is 260 Å². The molecule has 0 unspecified atom stereocenters. The Hall–Kier alpha value is -3.74. The van der Waals surface area contributed by atoms with Crippen molar-refractivity contribution in [2.24, 2.45) is 0 Å². The first-order chi connectivity index (χ1) is 21.5. The van der Waals surface area contributed by atoms with Gasteiger partial charge in [0.25, 0.3) is 0 Å². The second-order valence-corrected chi connectivity index (χ2v) is 9.27. The number of hydrogen-bond acceptors (Lipinski definition) is 10. The van der Waals surface area contributed by atoms with Crippen LogP contribution in [0.2, 0.25) is 0 Å². The van der Waals surface area contributed by atoms with E-state index in [1.54, 1.807) is 38.5 Å². The van der Waals surface area contributed by atoms with Crippen LogP contribution >= 0.6 is 0 Å². The van der Waals surface area contributed by atoms with Crippen LogP contribution in [0.15, 0.2) is 36.4 Å². The molecule has 0 aromatic heterocycles. The molecule has 44 heavy (non-hydrogen) atoms. The van der Waals surface area contributed by atoms with Crippen LogP contribution in [-0.4, -0.2) is 105 Å². The van der Waals surface area contributed by atoms with Gasteiger partial charge in [0.2, 0.25) is 0 Å². The van der Waals surface area contributed by atoms with Gasteiger partial charge in [-0.05, 0) is 61.1 Å². The van der Waals surface area contributed by atoms with Gasteiger partial charge in [0, 0.05) is 25.3 Å². The van der Waals surface area contributed by atoms with Gasteiger partial charge in [-0.25, -0.2) is 9.59 Å². The average molecular weight is 611 g/mol. The predicted octanol–water partition coefficient (Wildman–Crippen LogP) is 3.38. The molecule has 2 aromatic rings. The molecule has 2 rings (SSSR count). The molecule has 10 heteroatoms. The summed E-state index contributed by atoms with van der Waals surface area (Å²) in [5.74, 6) is 10.7. The molecular formula is C34H42O10. The van der Waals surface area contributed by atoms with Crippen molar-refractivity contribution in [3.05, 3.63) is 69.8 Å². The number of hydrogen-bond donors (Lipinski definition) is 0. The highest BCUT2D eigenvalue weighted by Crippen LogP contribution is 2.13. The Morgan fingerprint density at radius 2 is 0.864 bits per heavy atom. The summed E-state index contributed by atoms with van der Waals surface area (Å²) in [6.07, 6.45) is 0. The Morgan fingerprint density at radius 1 is 0.523 bits per heavy atom. The largest absolute Gasteiger partial charge is 0.460 e. The van der Waals surface area contributed by atoms with Crippen molar-refractivity contribution in [2.45, 2.75) is 13.8 Å². The maximum Gasteiger partial charge on any atom is 0.338 e. The number of benzene rings is 2. The van der Waals surface area contributed by atoms with Gasteiger partial charge in [-0.1, -0.05) is 24.0 Å².